The quantitative estimate of drug-likeness (QED) is 0.157. The number of rotatable bonds is 11. The van der Waals surface area contributed by atoms with Crippen molar-refractivity contribution in [3.05, 3.63) is 117 Å². The molecule has 0 bridgehead atoms. The molecule has 3 aromatic carbocycles. The second-order valence-corrected chi connectivity index (χ2v) is 11.2. The Kier molecular flexibility index (Phi) is 8.66. The van der Waals surface area contributed by atoms with Crippen LogP contribution in [0.1, 0.15) is 74.1 Å². The Morgan fingerprint density at radius 2 is 1.44 bits per heavy atom. The maximum atomic E-state index is 3.82. The third kappa shape index (κ3) is 5.19. The predicted octanol–water partition coefficient (Wildman–Crippen LogP) is 10.6. The Bertz CT molecular complexity index is 1100. The van der Waals surface area contributed by atoms with Gasteiger partial charge in [0.15, 0.2) is 0 Å². The number of benzene rings is 3. The lowest BCUT2D eigenvalue weighted by molar-refractivity contribution is 0.547. The van der Waals surface area contributed by atoms with Crippen LogP contribution in [-0.2, 0) is 11.8 Å². The molecule has 0 unspecified atom stereocenters. The maximum Gasteiger partial charge on any atom is 0.0464 e. The van der Waals surface area contributed by atoms with Crippen LogP contribution in [-0.4, -0.2) is 0 Å². The van der Waals surface area contributed by atoms with Crippen molar-refractivity contribution in [3.8, 4) is 11.1 Å². The Labute approximate surface area is 222 Å². The highest BCUT2D eigenvalue weighted by Crippen LogP contribution is 2.56. The van der Waals surface area contributed by atoms with Crippen LogP contribution in [0.2, 0.25) is 0 Å². The van der Waals surface area contributed by atoms with Gasteiger partial charge in [0.05, 0.1) is 0 Å². The number of fused-ring (bicyclic) bond motifs is 3. The number of hydrogen-bond acceptors (Lipinski definition) is 0. The molecule has 0 saturated heterocycles. The first-order chi connectivity index (χ1) is 16.6. The number of aryl methyl sites for hydroxylation is 1. The maximum absolute atomic E-state index is 3.82. The summed E-state index contributed by atoms with van der Waals surface area (Å²) in [5.74, 6) is 0. The van der Waals surface area contributed by atoms with Gasteiger partial charge in [-0.3, -0.25) is 0 Å². The SMILES string of the molecule is C=C/C=C/CCCC1(c2ccc(CCCCCC)cc2)c2cc(Br)ccc2-c2ccc(Br)cc21. The Hall–Kier alpha value is -1.90. The molecule has 0 heterocycles. The lowest BCUT2D eigenvalue weighted by Crippen LogP contribution is -2.27. The molecule has 0 aromatic heterocycles. The normalized spacial score (nSPS) is 13.7. The first-order valence-electron chi connectivity index (χ1n) is 12.6. The first-order valence-corrected chi connectivity index (χ1v) is 14.2. The average molecular weight is 578 g/mol. The zero-order valence-corrected chi connectivity index (χ0v) is 23.3. The van der Waals surface area contributed by atoms with Crippen molar-refractivity contribution in [2.75, 3.05) is 0 Å². The van der Waals surface area contributed by atoms with Gasteiger partial charge in [0, 0.05) is 14.4 Å². The van der Waals surface area contributed by atoms with Crippen LogP contribution in [0.15, 0.2) is 94.4 Å². The van der Waals surface area contributed by atoms with Crippen molar-refractivity contribution in [2.24, 2.45) is 0 Å². The zero-order chi connectivity index (χ0) is 24.0. The monoisotopic (exact) mass is 576 g/mol. The van der Waals surface area contributed by atoms with Gasteiger partial charge < -0.3 is 0 Å². The van der Waals surface area contributed by atoms with E-state index >= 15 is 0 Å². The summed E-state index contributed by atoms with van der Waals surface area (Å²) in [6, 6.07) is 23.2. The third-order valence-corrected chi connectivity index (χ3v) is 8.12. The summed E-state index contributed by atoms with van der Waals surface area (Å²) < 4.78 is 2.28. The topological polar surface area (TPSA) is 0 Å². The molecule has 34 heavy (non-hydrogen) atoms. The van der Waals surface area contributed by atoms with E-state index in [1.807, 2.05) is 6.08 Å². The van der Waals surface area contributed by atoms with E-state index in [2.05, 4.69) is 118 Å². The molecular weight excluding hydrogens is 544 g/mol. The van der Waals surface area contributed by atoms with E-state index in [0.29, 0.717) is 0 Å². The van der Waals surface area contributed by atoms with E-state index in [-0.39, 0.29) is 5.41 Å². The molecule has 0 nitrogen and oxygen atoms in total. The molecule has 4 rings (SSSR count). The summed E-state index contributed by atoms with van der Waals surface area (Å²) in [5.41, 5.74) is 8.24. The molecule has 1 aliphatic carbocycles. The van der Waals surface area contributed by atoms with Gasteiger partial charge in [0.25, 0.3) is 0 Å². The van der Waals surface area contributed by atoms with Crippen LogP contribution in [0.3, 0.4) is 0 Å². The Balaban J connectivity index is 1.78. The highest BCUT2D eigenvalue weighted by molar-refractivity contribution is 9.10. The fourth-order valence-electron chi connectivity index (χ4n) is 5.47. The van der Waals surface area contributed by atoms with Crippen LogP contribution in [0.4, 0.5) is 0 Å². The van der Waals surface area contributed by atoms with Gasteiger partial charge in [-0.1, -0.05) is 119 Å². The largest absolute Gasteiger partial charge is 0.0991 e. The summed E-state index contributed by atoms with van der Waals surface area (Å²) >= 11 is 7.54. The van der Waals surface area contributed by atoms with E-state index < -0.39 is 0 Å². The number of allylic oxidation sites excluding steroid dienone is 3. The van der Waals surface area contributed by atoms with Crippen molar-refractivity contribution in [2.45, 2.75) is 63.7 Å². The van der Waals surface area contributed by atoms with Crippen molar-refractivity contribution >= 4 is 31.9 Å². The molecule has 0 fully saturated rings. The molecule has 0 saturated carbocycles. The summed E-state index contributed by atoms with van der Waals surface area (Å²) in [7, 11) is 0. The number of hydrogen-bond donors (Lipinski definition) is 0. The molecule has 176 valence electrons. The predicted molar refractivity (Wildman–Crippen MR) is 155 cm³/mol. The summed E-state index contributed by atoms with van der Waals surface area (Å²) in [6.07, 6.45) is 15.8. The molecule has 0 amide bonds. The molecule has 2 heteroatoms. The minimum atomic E-state index is -0.152. The van der Waals surface area contributed by atoms with E-state index in [1.165, 1.54) is 65.5 Å². The van der Waals surface area contributed by atoms with Crippen molar-refractivity contribution < 1.29 is 0 Å². The minimum Gasteiger partial charge on any atom is -0.0991 e. The number of halogens is 2. The molecule has 0 spiro atoms. The van der Waals surface area contributed by atoms with E-state index in [9.17, 15) is 0 Å². The van der Waals surface area contributed by atoms with Crippen molar-refractivity contribution in [1.29, 1.82) is 0 Å². The molecule has 1 aliphatic rings. The van der Waals surface area contributed by atoms with Crippen LogP contribution in [0.25, 0.3) is 11.1 Å². The second-order valence-electron chi connectivity index (χ2n) is 9.35. The van der Waals surface area contributed by atoms with Crippen LogP contribution in [0.5, 0.6) is 0 Å². The standard InChI is InChI=1S/C32H34Br2/c1-3-5-7-9-11-21-32(25-15-13-24(14-16-25)12-10-8-6-4-2)30-22-26(33)17-19-28(30)29-20-18-27(34)23-31(29)32/h3,5,7,13-20,22-23H,1,4,6,8-12,21H2,2H3/b7-5+. The van der Waals surface area contributed by atoms with Gasteiger partial charge >= 0.3 is 0 Å². The molecular formula is C32H34Br2. The van der Waals surface area contributed by atoms with Gasteiger partial charge in [-0.05, 0) is 89.8 Å². The van der Waals surface area contributed by atoms with Crippen LogP contribution < -0.4 is 0 Å². The van der Waals surface area contributed by atoms with Gasteiger partial charge in [-0.15, -0.1) is 0 Å². The lowest BCUT2D eigenvalue weighted by Gasteiger charge is -2.33. The van der Waals surface area contributed by atoms with Gasteiger partial charge in [-0.2, -0.15) is 0 Å². The minimum absolute atomic E-state index is 0.152. The lowest BCUT2D eigenvalue weighted by atomic mass is 9.69. The number of unbranched alkanes of at least 4 members (excludes halogenated alkanes) is 4. The Morgan fingerprint density at radius 1 is 0.794 bits per heavy atom. The van der Waals surface area contributed by atoms with Crippen molar-refractivity contribution in [1.82, 2.24) is 0 Å². The zero-order valence-electron chi connectivity index (χ0n) is 20.1. The highest BCUT2D eigenvalue weighted by Gasteiger charge is 2.44. The van der Waals surface area contributed by atoms with Gasteiger partial charge in [0.2, 0.25) is 0 Å². The summed E-state index contributed by atoms with van der Waals surface area (Å²) in [4.78, 5) is 0. The smallest absolute Gasteiger partial charge is 0.0464 e. The summed E-state index contributed by atoms with van der Waals surface area (Å²) in [5, 5.41) is 0. The first kappa shape index (κ1) is 25.2. The van der Waals surface area contributed by atoms with E-state index in [0.717, 1.165) is 28.2 Å². The third-order valence-electron chi connectivity index (χ3n) is 7.13. The summed E-state index contributed by atoms with van der Waals surface area (Å²) in [6.45, 7) is 6.09. The van der Waals surface area contributed by atoms with Crippen LogP contribution >= 0.6 is 31.9 Å². The Morgan fingerprint density at radius 3 is 2.03 bits per heavy atom. The van der Waals surface area contributed by atoms with Gasteiger partial charge in [0.1, 0.15) is 0 Å². The van der Waals surface area contributed by atoms with E-state index in [4.69, 9.17) is 0 Å². The van der Waals surface area contributed by atoms with Gasteiger partial charge in [-0.25, -0.2) is 0 Å². The molecule has 0 radical (unpaired) electrons. The second kappa shape index (κ2) is 11.7. The van der Waals surface area contributed by atoms with E-state index in [1.54, 1.807) is 0 Å². The fraction of sp³-hybridized carbons (Fsp3) is 0.312. The fourth-order valence-corrected chi connectivity index (χ4v) is 6.19. The van der Waals surface area contributed by atoms with Crippen LogP contribution in [0, 0.1) is 0 Å². The molecule has 0 N–H and O–H groups in total. The average Bonchev–Trinajstić information content (AvgIpc) is 3.11. The highest BCUT2D eigenvalue weighted by atomic mass is 79.9. The molecule has 0 atom stereocenters. The molecule has 0 aliphatic heterocycles. The van der Waals surface area contributed by atoms with Crippen molar-refractivity contribution in [3.63, 3.8) is 0 Å². The molecule has 3 aromatic rings.